The predicted molar refractivity (Wildman–Crippen MR) is 110 cm³/mol. The Morgan fingerprint density at radius 2 is 1.96 bits per heavy atom. The first-order valence-electron chi connectivity index (χ1n) is 8.76. The third-order valence-corrected chi connectivity index (χ3v) is 5.33. The number of aryl methyl sites for hydroxylation is 1. The molecule has 2 aromatic carbocycles. The maximum absolute atomic E-state index is 10.2. The Morgan fingerprint density at radius 1 is 1.19 bits per heavy atom. The van der Waals surface area contributed by atoms with Crippen LogP contribution in [-0.2, 0) is 6.54 Å². The van der Waals surface area contributed by atoms with Crippen LogP contribution >= 0.6 is 23.4 Å². The Morgan fingerprint density at radius 3 is 2.67 bits per heavy atom. The summed E-state index contributed by atoms with van der Waals surface area (Å²) in [5, 5.41) is 20.3. The van der Waals surface area contributed by atoms with Gasteiger partial charge in [0.15, 0.2) is 11.0 Å². The minimum atomic E-state index is -0.616. The van der Waals surface area contributed by atoms with E-state index in [0.717, 1.165) is 23.1 Å². The lowest BCUT2D eigenvalue weighted by Crippen LogP contribution is -2.20. The van der Waals surface area contributed by atoms with Gasteiger partial charge >= 0.3 is 0 Å². The average Bonchev–Trinajstić information content (AvgIpc) is 3.09. The van der Waals surface area contributed by atoms with E-state index in [1.807, 2.05) is 12.1 Å². The van der Waals surface area contributed by atoms with E-state index in [2.05, 4.69) is 40.7 Å². The highest BCUT2D eigenvalue weighted by Gasteiger charge is 2.15. The van der Waals surface area contributed by atoms with Crippen LogP contribution in [0.1, 0.15) is 12.5 Å². The number of hydrogen-bond acceptors (Lipinski definition) is 5. The SMILES string of the molecule is CCn1c(SCC(O)COc2ccc(Cl)cc2)nnc1-c1cccc(C)c1. The van der Waals surface area contributed by atoms with Gasteiger partial charge in [0.05, 0.1) is 6.10 Å². The van der Waals surface area contributed by atoms with Crippen LogP contribution in [0.3, 0.4) is 0 Å². The molecule has 0 radical (unpaired) electrons. The van der Waals surface area contributed by atoms with Crippen LogP contribution in [0.4, 0.5) is 0 Å². The largest absolute Gasteiger partial charge is 0.491 e. The molecule has 7 heteroatoms. The number of benzene rings is 2. The molecule has 1 unspecified atom stereocenters. The summed E-state index contributed by atoms with van der Waals surface area (Å²) in [7, 11) is 0. The first-order valence-corrected chi connectivity index (χ1v) is 10.1. The first-order chi connectivity index (χ1) is 13.1. The molecule has 0 saturated heterocycles. The number of hydrogen-bond donors (Lipinski definition) is 1. The lowest BCUT2D eigenvalue weighted by molar-refractivity contribution is 0.126. The lowest BCUT2D eigenvalue weighted by Gasteiger charge is -2.12. The number of thioether (sulfide) groups is 1. The average molecular weight is 404 g/mol. The van der Waals surface area contributed by atoms with Gasteiger partial charge in [0.1, 0.15) is 12.4 Å². The van der Waals surface area contributed by atoms with Crippen molar-refractivity contribution < 1.29 is 9.84 Å². The summed E-state index contributed by atoms with van der Waals surface area (Å²) < 4.78 is 7.65. The van der Waals surface area contributed by atoms with E-state index < -0.39 is 6.10 Å². The summed E-state index contributed by atoms with van der Waals surface area (Å²) in [5.74, 6) is 2.00. The van der Waals surface area contributed by atoms with E-state index in [1.54, 1.807) is 24.3 Å². The monoisotopic (exact) mass is 403 g/mol. The van der Waals surface area contributed by atoms with Gasteiger partial charge in [-0.25, -0.2) is 0 Å². The van der Waals surface area contributed by atoms with Crippen LogP contribution in [0, 0.1) is 6.92 Å². The molecule has 0 amide bonds. The van der Waals surface area contributed by atoms with Crippen molar-refractivity contribution in [3.05, 3.63) is 59.1 Å². The van der Waals surface area contributed by atoms with Gasteiger partial charge in [-0.15, -0.1) is 10.2 Å². The molecule has 0 bridgehead atoms. The van der Waals surface area contributed by atoms with Crippen molar-refractivity contribution in [3.63, 3.8) is 0 Å². The van der Waals surface area contributed by atoms with Crippen LogP contribution in [-0.4, -0.2) is 38.3 Å². The molecule has 0 aliphatic carbocycles. The van der Waals surface area contributed by atoms with E-state index in [-0.39, 0.29) is 6.61 Å². The van der Waals surface area contributed by atoms with Crippen LogP contribution < -0.4 is 4.74 Å². The summed E-state index contributed by atoms with van der Waals surface area (Å²) in [4.78, 5) is 0. The van der Waals surface area contributed by atoms with Gasteiger partial charge in [-0.05, 0) is 44.2 Å². The molecular formula is C20H22ClN3O2S. The molecule has 3 aromatic rings. The Hall–Kier alpha value is -2.02. The van der Waals surface area contributed by atoms with E-state index in [0.29, 0.717) is 16.5 Å². The van der Waals surface area contributed by atoms with E-state index in [1.165, 1.54) is 17.3 Å². The van der Waals surface area contributed by atoms with Crippen molar-refractivity contribution in [3.8, 4) is 17.1 Å². The molecule has 0 aliphatic heterocycles. The van der Waals surface area contributed by atoms with Gasteiger partial charge in [-0.1, -0.05) is 47.1 Å². The van der Waals surface area contributed by atoms with Crippen molar-refractivity contribution in [2.75, 3.05) is 12.4 Å². The highest BCUT2D eigenvalue weighted by Crippen LogP contribution is 2.25. The van der Waals surface area contributed by atoms with Crippen LogP contribution in [0.2, 0.25) is 5.02 Å². The van der Waals surface area contributed by atoms with Crippen LogP contribution in [0.15, 0.2) is 53.7 Å². The Bertz CT molecular complexity index is 883. The first kappa shape index (κ1) is 19.7. The highest BCUT2D eigenvalue weighted by atomic mass is 35.5. The maximum atomic E-state index is 10.2. The smallest absolute Gasteiger partial charge is 0.191 e. The molecule has 142 valence electrons. The minimum Gasteiger partial charge on any atom is -0.491 e. The number of rotatable bonds is 8. The van der Waals surface area contributed by atoms with E-state index in [4.69, 9.17) is 16.3 Å². The molecule has 0 saturated carbocycles. The molecule has 3 rings (SSSR count). The normalized spacial score (nSPS) is 12.1. The second kappa shape index (κ2) is 9.26. The fraction of sp³-hybridized carbons (Fsp3) is 0.300. The van der Waals surface area contributed by atoms with Crippen molar-refractivity contribution in [2.45, 2.75) is 31.7 Å². The van der Waals surface area contributed by atoms with Gasteiger partial charge in [0.2, 0.25) is 0 Å². The maximum Gasteiger partial charge on any atom is 0.191 e. The van der Waals surface area contributed by atoms with E-state index >= 15 is 0 Å². The topological polar surface area (TPSA) is 60.2 Å². The molecular weight excluding hydrogens is 382 g/mol. The van der Waals surface area contributed by atoms with Gasteiger partial charge < -0.3 is 14.4 Å². The predicted octanol–water partition coefficient (Wildman–Crippen LogP) is 4.46. The van der Waals surface area contributed by atoms with Crippen LogP contribution in [0.5, 0.6) is 5.75 Å². The van der Waals surface area contributed by atoms with Gasteiger partial charge in [0, 0.05) is 22.9 Å². The lowest BCUT2D eigenvalue weighted by atomic mass is 10.1. The summed E-state index contributed by atoms with van der Waals surface area (Å²) >= 11 is 7.33. The number of ether oxygens (including phenoxy) is 1. The van der Waals surface area contributed by atoms with Gasteiger partial charge in [-0.2, -0.15) is 0 Å². The summed E-state index contributed by atoms with van der Waals surface area (Å²) in [6.07, 6.45) is -0.616. The summed E-state index contributed by atoms with van der Waals surface area (Å²) in [6, 6.07) is 15.3. The number of aliphatic hydroxyl groups is 1. The minimum absolute atomic E-state index is 0.208. The molecule has 1 heterocycles. The van der Waals surface area contributed by atoms with Crippen LogP contribution in [0.25, 0.3) is 11.4 Å². The van der Waals surface area contributed by atoms with Gasteiger partial charge in [0.25, 0.3) is 0 Å². The molecule has 5 nitrogen and oxygen atoms in total. The molecule has 1 N–H and O–H groups in total. The Kier molecular flexibility index (Phi) is 6.77. The fourth-order valence-electron chi connectivity index (χ4n) is 2.62. The van der Waals surface area contributed by atoms with Crippen molar-refractivity contribution in [2.24, 2.45) is 0 Å². The zero-order chi connectivity index (χ0) is 19.2. The molecule has 27 heavy (non-hydrogen) atoms. The fourth-order valence-corrected chi connectivity index (χ4v) is 3.65. The van der Waals surface area contributed by atoms with E-state index in [9.17, 15) is 5.11 Å². The highest BCUT2D eigenvalue weighted by molar-refractivity contribution is 7.99. The third-order valence-electron chi connectivity index (χ3n) is 3.97. The second-order valence-electron chi connectivity index (χ2n) is 6.15. The number of nitrogens with zero attached hydrogens (tertiary/aromatic N) is 3. The molecule has 0 spiro atoms. The molecule has 0 aliphatic rings. The Labute approximate surface area is 168 Å². The molecule has 0 fully saturated rings. The Balaban J connectivity index is 1.59. The second-order valence-corrected chi connectivity index (χ2v) is 7.57. The summed E-state index contributed by atoms with van der Waals surface area (Å²) in [5.41, 5.74) is 2.23. The molecule has 1 atom stereocenters. The summed E-state index contributed by atoms with van der Waals surface area (Å²) in [6.45, 7) is 5.09. The zero-order valence-corrected chi connectivity index (χ0v) is 16.9. The quantitative estimate of drug-likeness (QED) is 0.562. The number of aromatic nitrogens is 3. The third kappa shape index (κ3) is 5.25. The van der Waals surface area contributed by atoms with Gasteiger partial charge in [-0.3, -0.25) is 0 Å². The van der Waals surface area contributed by atoms with Crippen molar-refractivity contribution >= 4 is 23.4 Å². The number of aliphatic hydroxyl groups excluding tert-OH is 1. The molecule has 1 aromatic heterocycles. The standard InChI is InChI=1S/C20H22ClN3O2S/c1-3-24-19(15-6-4-5-14(2)11-15)22-23-20(24)27-13-17(25)12-26-18-9-7-16(21)8-10-18/h4-11,17,25H,3,12-13H2,1-2H3. The van der Waals surface area contributed by atoms with Crippen molar-refractivity contribution in [1.29, 1.82) is 0 Å². The number of halogens is 1. The zero-order valence-electron chi connectivity index (χ0n) is 15.3. The van der Waals surface area contributed by atoms with Crippen molar-refractivity contribution in [1.82, 2.24) is 14.8 Å².